The number of nitrogens with zero attached hydrogens (tertiary/aromatic N) is 2. The molecule has 0 saturated heterocycles. The van der Waals surface area contributed by atoms with E-state index in [-0.39, 0.29) is 5.97 Å². The Morgan fingerprint density at radius 1 is 1.29 bits per heavy atom. The highest BCUT2D eigenvalue weighted by molar-refractivity contribution is 7.21. The van der Waals surface area contributed by atoms with Crippen LogP contribution in [0, 0.1) is 0 Å². The fourth-order valence-corrected chi connectivity index (χ4v) is 2.68. The molecular weight excluding hydrogens is 286 g/mol. The molecule has 0 aliphatic heterocycles. The first-order valence-corrected chi connectivity index (χ1v) is 7.33. The predicted octanol–water partition coefficient (Wildman–Crippen LogP) is 3.61. The first-order valence-electron chi connectivity index (χ1n) is 6.52. The summed E-state index contributed by atoms with van der Waals surface area (Å²) in [5, 5.41) is 3.98. The van der Waals surface area contributed by atoms with Crippen molar-refractivity contribution in [3.8, 4) is 0 Å². The number of esters is 1. The smallest absolute Gasteiger partial charge is 0.338 e. The number of carbonyl (C=O) groups excluding carboxylic acids is 1. The lowest BCUT2D eigenvalue weighted by molar-refractivity contribution is 0.0526. The molecule has 0 radical (unpaired) electrons. The minimum atomic E-state index is -0.312. The van der Waals surface area contributed by atoms with Crippen LogP contribution in [0.3, 0.4) is 0 Å². The Hall–Kier alpha value is -2.47. The van der Waals surface area contributed by atoms with Gasteiger partial charge in [-0.25, -0.2) is 14.8 Å². The van der Waals surface area contributed by atoms with Crippen molar-refractivity contribution in [3.63, 3.8) is 0 Å². The van der Waals surface area contributed by atoms with E-state index in [1.807, 2.05) is 24.3 Å². The zero-order chi connectivity index (χ0) is 14.7. The summed E-state index contributed by atoms with van der Waals surface area (Å²) in [4.78, 5) is 21.2. The van der Waals surface area contributed by atoms with Gasteiger partial charge in [0.2, 0.25) is 0 Å². The maximum Gasteiger partial charge on any atom is 0.338 e. The molecule has 1 aromatic carbocycles. The highest BCUT2D eigenvalue weighted by Gasteiger charge is 2.07. The van der Waals surface area contributed by atoms with Gasteiger partial charge in [0.25, 0.3) is 0 Å². The van der Waals surface area contributed by atoms with Crippen LogP contribution in [0.5, 0.6) is 0 Å². The Labute approximate surface area is 125 Å². The number of rotatable bonds is 4. The van der Waals surface area contributed by atoms with Crippen LogP contribution in [0.2, 0.25) is 0 Å². The Morgan fingerprint density at radius 3 is 2.81 bits per heavy atom. The Bertz CT molecular complexity index is 735. The fourth-order valence-electron chi connectivity index (χ4n) is 1.85. The van der Waals surface area contributed by atoms with Gasteiger partial charge in [0.05, 0.1) is 12.2 Å². The van der Waals surface area contributed by atoms with E-state index in [9.17, 15) is 4.79 Å². The van der Waals surface area contributed by atoms with E-state index in [1.165, 1.54) is 11.3 Å². The molecule has 0 aliphatic rings. The van der Waals surface area contributed by atoms with Crippen molar-refractivity contribution in [3.05, 3.63) is 48.2 Å². The summed E-state index contributed by atoms with van der Waals surface area (Å²) in [7, 11) is 0. The molecule has 5 nitrogen and oxygen atoms in total. The van der Waals surface area contributed by atoms with Crippen LogP contribution in [-0.4, -0.2) is 22.5 Å². The number of benzene rings is 1. The molecule has 3 rings (SSSR count). The Morgan fingerprint density at radius 2 is 2.10 bits per heavy atom. The number of nitrogens with one attached hydrogen (secondary N) is 1. The van der Waals surface area contributed by atoms with E-state index in [2.05, 4.69) is 15.3 Å². The van der Waals surface area contributed by atoms with Crippen molar-refractivity contribution < 1.29 is 9.53 Å². The van der Waals surface area contributed by atoms with E-state index >= 15 is 0 Å². The zero-order valence-electron chi connectivity index (χ0n) is 11.4. The van der Waals surface area contributed by atoms with E-state index in [1.54, 1.807) is 25.3 Å². The average Bonchev–Trinajstić information content (AvgIpc) is 2.90. The summed E-state index contributed by atoms with van der Waals surface area (Å²) in [6.07, 6.45) is 1.75. The standard InChI is InChI=1S/C15H13N3O2S/c1-2-20-14(19)10-5-7-11(8-6-10)17-15-18-12-4-3-9-16-13(12)21-15/h3-9H,2H2,1H3,(H,17,18). The third kappa shape index (κ3) is 3.00. The number of ether oxygens (including phenoxy) is 1. The van der Waals surface area contributed by atoms with E-state index in [0.717, 1.165) is 21.2 Å². The molecule has 0 bridgehead atoms. The normalized spacial score (nSPS) is 10.5. The summed E-state index contributed by atoms with van der Waals surface area (Å²) in [6.45, 7) is 2.16. The number of anilines is 2. The second-order valence-corrected chi connectivity index (χ2v) is 5.25. The largest absolute Gasteiger partial charge is 0.462 e. The third-order valence-electron chi connectivity index (χ3n) is 2.81. The van der Waals surface area contributed by atoms with Crippen molar-refractivity contribution in [1.29, 1.82) is 0 Å². The van der Waals surface area contributed by atoms with Gasteiger partial charge in [0, 0.05) is 11.9 Å². The number of thiazole rings is 1. The molecule has 0 aliphatic carbocycles. The van der Waals surface area contributed by atoms with Gasteiger partial charge in [-0.15, -0.1) is 0 Å². The number of carbonyl (C=O) groups is 1. The molecule has 2 heterocycles. The second-order valence-electron chi connectivity index (χ2n) is 4.27. The number of hydrogen-bond donors (Lipinski definition) is 1. The highest BCUT2D eigenvalue weighted by atomic mass is 32.1. The Kier molecular flexibility index (Phi) is 3.79. The molecule has 0 amide bonds. The van der Waals surface area contributed by atoms with Gasteiger partial charge in [-0.1, -0.05) is 11.3 Å². The maximum atomic E-state index is 11.6. The SMILES string of the molecule is CCOC(=O)c1ccc(Nc2nc3cccnc3s2)cc1. The van der Waals surface area contributed by atoms with E-state index in [0.29, 0.717) is 12.2 Å². The van der Waals surface area contributed by atoms with Crippen LogP contribution in [-0.2, 0) is 4.74 Å². The zero-order valence-corrected chi connectivity index (χ0v) is 12.2. The Balaban J connectivity index is 1.77. The van der Waals surface area contributed by atoms with E-state index in [4.69, 9.17) is 4.74 Å². The molecule has 2 aromatic heterocycles. The molecule has 6 heteroatoms. The van der Waals surface area contributed by atoms with Gasteiger partial charge in [0.15, 0.2) is 5.13 Å². The van der Waals surface area contributed by atoms with Crippen LogP contribution in [0.1, 0.15) is 17.3 Å². The van der Waals surface area contributed by atoms with Gasteiger partial charge in [-0.3, -0.25) is 0 Å². The summed E-state index contributed by atoms with van der Waals surface area (Å²) in [5.74, 6) is -0.312. The van der Waals surface area contributed by atoms with Crippen LogP contribution in [0.15, 0.2) is 42.6 Å². The van der Waals surface area contributed by atoms with Crippen molar-refractivity contribution in [2.45, 2.75) is 6.92 Å². The predicted molar refractivity (Wildman–Crippen MR) is 83.1 cm³/mol. The summed E-state index contributed by atoms with van der Waals surface area (Å²) in [6, 6.07) is 10.9. The monoisotopic (exact) mass is 299 g/mol. The maximum absolute atomic E-state index is 11.6. The van der Waals surface area contributed by atoms with Crippen LogP contribution in [0.25, 0.3) is 10.3 Å². The van der Waals surface area contributed by atoms with E-state index < -0.39 is 0 Å². The summed E-state index contributed by atoms with van der Waals surface area (Å²) < 4.78 is 4.95. The number of aromatic nitrogens is 2. The van der Waals surface area contributed by atoms with Gasteiger partial charge < -0.3 is 10.1 Å². The van der Waals surface area contributed by atoms with Crippen molar-refractivity contribution in [1.82, 2.24) is 9.97 Å². The lowest BCUT2D eigenvalue weighted by atomic mass is 10.2. The molecule has 0 saturated carbocycles. The topological polar surface area (TPSA) is 64.1 Å². The fraction of sp³-hybridized carbons (Fsp3) is 0.133. The van der Waals surface area contributed by atoms with Gasteiger partial charge in [-0.05, 0) is 43.3 Å². The van der Waals surface area contributed by atoms with Crippen molar-refractivity contribution >= 4 is 38.5 Å². The molecule has 21 heavy (non-hydrogen) atoms. The van der Waals surface area contributed by atoms with Gasteiger partial charge in [-0.2, -0.15) is 0 Å². The number of hydrogen-bond acceptors (Lipinski definition) is 6. The van der Waals surface area contributed by atoms with Crippen LogP contribution in [0.4, 0.5) is 10.8 Å². The van der Waals surface area contributed by atoms with Gasteiger partial charge in [0.1, 0.15) is 10.3 Å². The molecule has 0 spiro atoms. The summed E-state index contributed by atoms with van der Waals surface area (Å²) >= 11 is 1.49. The number of fused-ring (bicyclic) bond motifs is 1. The summed E-state index contributed by atoms with van der Waals surface area (Å²) in [5.41, 5.74) is 2.27. The third-order valence-corrected chi connectivity index (χ3v) is 3.71. The minimum Gasteiger partial charge on any atom is -0.462 e. The van der Waals surface area contributed by atoms with Crippen LogP contribution >= 0.6 is 11.3 Å². The van der Waals surface area contributed by atoms with Crippen molar-refractivity contribution in [2.75, 3.05) is 11.9 Å². The molecule has 0 atom stereocenters. The molecule has 106 valence electrons. The first-order chi connectivity index (χ1) is 10.3. The second kappa shape index (κ2) is 5.88. The lowest BCUT2D eigenvalue weighted by Crippen LogP contribution is -2.04. The molecule has 0 unspecified atom stereocenters. The quantitative estimate of drug-likeness (QED) is 0.746. The minimum absolute atomic E-state index is 0.312. The average molecular weight is 299 g/mol. The van der Waals surface area contributed by atoms with Gasteiger partial charge >= 0.3 is 5.97 Å². The van der Waals surface area contributed by atoms with Crippen LogP contribution < -0.4 is 5.32 Å². The molecule has 3 aromatic rings. The molecule has 1 N–H and O–H groups in total. The highest BCUT2D eigenvalue weighted by Crippen LogP contribution is 2.26. The first kappa shape index (κ1) is 13.5. The molecular formula is C15H13N3O2S. The van der Waals surface area contributed by atoms with Crippen molar-refractivity contribution in [2.24, 2.45) is 0 Å². The molecule has 0 fully saturated rings. The number of pyridine rings is 1. The lowest BCUT2D eigenvalue weighted by Gasteiger charge is -2.04.